The van der Waals surface area contributed by atoms with Crippen molar-refractivity contribution in [1.82, 2.24) is 9.55 Å². The lowest BCUT2D eigenvalue weighted by Crippen LogP contribution is -2.27. The number of amides is 1. The van der Waals surface area contributed by atoms with Crippen LogP contribution in [-0.2, 0) is 4.79 Å². The molecule has 25 heavy (non-hydrogen) atoms. The highest BCUT2D eigenvalue weighted by molar-refractivity contribution is 5.95. The van der Waals surface area contributed by atoms with Crippen LogP contribution in [0.4, 0.5) is 11.6 Å². The summed E-state index contributed by atoms with van der Waals surface area (Å²) in [7, 11) is 0. The highest BCUT2D eigenvalue weighted by Gasteiger charge is 2.51. The van der Waals surface area contributed by atoms with Gasteiger partial charge in [0.15, 0.2) is 5.69 Å². The van der Waals surface area contributed by atoms with E-state index in [1.807, 2.05) is 12.1 Å². The number of aromatic nitrogens is 2. The monoisotopic (exact) mass is 338 g/mol. The van der Waals surface area contributed by atoms with Crippen LogP contribution in [0.1, 0.15) is 45.6 Å². The van der Waals surface area contributed by atoms with Crippen molar-refractivity contribution in [2.75, 3.05) is 5.32 Å². The molecule has 2 atom stereocenters. The number of rotatable bonds is 4. The molecule has 2 aliphatic carbocycles. The standard InChI is InChI=1S/C19H22N4O2/c1-19(2,25)14-10-13(14)17(24)22-18-21-15-8-7-11(20-3)9-16(15)23(18)12-5-4-6-12/h7-9,12-14,25H,4-6,10H2,1-2H3,(H,21,22,24)/t13-,14-/m0/s1. The highest BCUT2D eigenvalue weighted by atomic mass is 16.3. The zero-order valence-electron chi connectivity index (χ0n) is 14.5. The van der Waals surface area contributed by atoms with E-state index in [1.165, 1.54) is 6.42 Å². The summed E-state index contributed by atoms with van der Waals surface area (Å²) in [6, 6.07) is 5.76. The first-order chi connectivity index (χ1) is 11.9. The van der Waals surface area contributed by atoms with Gasteiger partial charge in [0.05, 0.1) is 23.2 Å². The molecule has 0 spiro atoms. The van der Waals surface area contributed by atoms with Gasteiger partial charge in [-0.05, 0) is 57.6 Å². The summed E-state index contributed by atoms with van der Waals surface area (Å²) in [6.45, 7) is 10.7. The van der Waals surface area contributed by atoms with Gasteiger partial charge in [-0.3, -0.25) is 10.1 Å². The molecule has 6 nitrogen and oxygen atoms in total. The van der Waals surface area contributed by atoms with Crippen molar-refractivity contribution in [3.63, 3.8) is 0 Å². The van der Waals surface area contributed by atoms with Crippen LogP contribution in [0.5, 0.6) is 0 Å². The Balaban J connectivity index is 1.65. The average Bonchev–Trinajstić information content (AvgIpc) is 3.26. The molecule has 4 rings (SSSR count). The minimum absolute atomic E-state index is 0.00254. The normalized spacial score (nSPS) is 23.1. The molecule has 0 bridgehead atoms. The number of nitrogens with zero attached hydrogens (tertiary/aromatic N) is 3. The van der Waals surface area contributed by atoms with Crippen LogP contribution >= 0.6 is 0 Å². The smallest absolute Gasteiger partial charge is 0.230 e. The zero-order chi connectivity index (χ0) is 17.8. The average molecular weight is 338 g/mol. The molecule has 2 aliphatic rings. The van der Waals surface area contributed by atoms with Crippen molar-refractivity contribution in [3.05, 3.63) is 29.6 Å². The second-order valence-corrected chi connectivity index (χ2v) is 7.77. The van der Waals surface area contributed by atoms with E-state index >= 15 is 0 Å². The largest absolute Gasteiger partial charge is 0.390 e. The fourth-order valence-corrected chi connectivity index (χ4v) is 3.72. The van der Waals surface area contributed by atoms with E-state index in [1.54, 1.807) is 19.9 Å². The Hall–Kier alpha value is -2.39. The minimum Gasteiger partial charge on any atom is -0.390 e. The van der Waals surface area contributed by atoms with Gasteiger partial charge < -0.3 is 9.67 Å². The van der Waals surface area contributed by atoms with E-state index < -0.39 is 5.60 Å². The Kier molecular flexibility index (Phi) is 3.58. The Labute approximate surface area is 146 Å². The van der Waals surface area contributed by atoms with Gasteiger partial charge in [0, 0.05) is 12.0 Å². The number of benzene rings is 1. The van der Waals surface area contributed by atoms with Crippen molar-refractivity contribution >= 4 is 28.6 Å². The molecule has 2 N–H and O–H groups in total. The lowest BCUT2D eigenvalue weighted by Gasteiger charge is -2.29. The third kappa shape index (κ3) is 2.79. The molecule has 0 aliphatic heterocycles. The van der Waals surface area contributed by atoms with Crippen molar-refractivity contribution in [3.8, 4) is 0 Å². The molecule has 6 heteroatoms. The maximum absolute atomic E-state index is 12.6. The molecule has 2 aromatic rings. The predicted molar refractivity (Wildman–Crippen MR) is 95.4 cm³/mol. The van der Waals surface area contributed by atoms with Crippen molar-refractivity contribution < 1.29 is 9.90 Å². The second-order valence-electron chi connectivity index (χ2n) is 7.77. The van der Waals surface area contributed by atoms with Crippen LogP contribution in [0.3, 0.4) is 0 Å². The van der Waals surface area contributed by atoms with Crippen LogP contribution in [-0.4, -0.2) is 26.2 Å². The summed E-state index contributed by atoms with van der Waals surface area (Å²) >= 11 is 0. The number of aliphatic hydroxyl groups is 1. The predicted octanol–water partition coefficient (Wildman–Crippen LogP) is 3.66. The lowest BCUT2D eigenvalue weighted by atomic mass is 9.92. The third-order valence-corrected chi connectivity index (χ3v) is 5.51. The molecule has 1 aromatic heterocycles. The summed E-state index contributed by atoms with van der Waals surface area (Å²) in [5.74, 6) is 0.331. The van der Waals surface area contributed by atoms with Gasteiger partial charge in [0.2, 0.25) is 11.9 Å². The third-order valence-electron chi connectivity index (χ3n) is 5.51. The van der Waals surface area contributed by atoms with Crippen molar-refractivity contribution in [1.29, 1.82) is 0 Å². The Morgan fingerprint density at radius 1 is 1.44 bits per heavy atom. The summed E-state index contributed by atoms with van der Waals surface area (Å²) in [5.41, 5.74) is 1.45. The molecule has 0 saturated heterocycles. The van der Waals surface area contributed by atoms with Gasteiger partial charge in [-0.2, -0.15) is 0 Å². The molecule has 2 fully saturated rings. The summed E-state index contributed by atoms with van der Waals surface area (Å²) < 4.78 is 2.08. The Bertz CT molecular complexity index is 883. The van der Waals surface area contributed by atoms with Crippen LogP contribution in [0, 0.1) is 18.4 Å². The van der Waals surface area contributed by atoms with Gasteiger partial charge in [0.25, 0.3) is 0 Å². The first-order valence-electron chi connectivity index (χ1n) is 8.81. The first-order valence-corrected chi connectivity index (χ1v) is 8.81. The molecule has 1 amide bonds. The van der Waals surface area contributed by atoms with Gasteiger partial charge in [-0.25, -0.2) is 9.83 Å². The maximum Gasteiger partial charge on any atom is 0.230 e. The number of imidazole rings is 1. The molecular formula is C19H22N4O2. The van der Waals surface area contributed by atoms with E-state index in [4.69, 9.17) is 6.57 Å². The Morgan fingerprint density at radius 3 is 2.76 bits per heavy atom. The number of hydrogen-bond donors (Lipinski definition) is 2. The first kappa shape index (κ1) is 16.1. The van der Waals surface area contributed by atoms with Crippen molar-refractivity contribution in [2.45, 2.75) is 51.2 Å². The number of carbonyl (C=O) groups excluding carboxylic acids is 1. The van der Waals surface area contributed by atoms with Gasteiger partial charge in [-0.1, -0.05) is 6.07 Å². The van der Waals surface area contributed by atoms with E-state index in [-0.39, 0.29) is 17.7 Å². The summed E-state index contributed by atoms with van der Waals surface area (Å²) in [6.07, 6.45) is 4.00. The van der Waals surface area contributed by atoms with E-state index in [0.717, 1.165) is 23.9 Å². The topological polar surface area (TPSA) is 71.5 Å². The molecule has 1 heterocycles. The molecule has 130 valence electrons. The zero-order valence-corrected chi connectivity index (χ0v) is 14.5. The molecule has 0 radical (unpaired) electrons. The maximum atomic E-state index is 12.6. The van der Waals surface area contributed by atoms with Crippen molar-refractivity contribution in [2.24, 2.45) is 11.8 Å². The fraction of sp³-hybridized carbons (Fsp3) is 0.526. The molecular weight excluding hydrogens is 316 g/mol. The minimum atomic E-state index is -0.833. The molecule has 0 unspecified atom stereocenters. The second kappa shape index (κ2) is 5.57. The summed E-state index contributed by atoms with van der Waals surface area (Å²) in [4.78, 5) is 20.7. The number of nitrogens with one attached hydrogen (secondary N) is 1. The molecule has 1 aromatic carbocycles. The number of anilines is 1. The van der Waals surface area contributed by atoms with Crippen LogP contribution in [0.2, 0.25) is 0 Å². The number of carbonyl (C=O) groups is 1. The van der Waals surface area contributed by atoms with Crippen LogP contribution in [0.25, 0.3) is 15.9 Å². The lowest BCUT2D eigenvalue weighted by molar-refractivity contribution is -0.118. The highest BCUT2D eigenvalue weighted by Crippen LogP contribution is 2.47. The van der Waals surface area contributed by atoms with Crippen LogP contribution < -0.4 is 5.32 Å². The summed E-state index contributed by atoms with van der Waals surface area (Å²) in [5, 5.41) is 13.1. The van der Waals surface area contributed by atoms with Crippen LogP contribution in [0.15, 0.2) is 18.2 Å². The van der Waals surface area contributed by atoms with E-state index in [0.29, 0.717) is 24.1 Å². The van der Waals surface area contributed by atoms with E-state index in [2.05, 4.69) is 19.7 Å². The SMILES string of the molecule is [C-]#[N+]c1ccc2nc(NC(=O)[C@H]3C[C@@H]3C(C)(C)O)n(C3CCC3)c2c1. The quantitative estimate of drug-likeness (QED) is 0.836. The number of fused-ring (bicyclic) bond motifs is 1. The Morgan fingerprint density at radius 2 is 2.20 bits per heavy atom. The van der Waals surface area contributed by atoms with Gasteiger partial charge in [-0.15, -0.1) is 0 Å². The van der Waals surface area contributed by atoms with Gasteiger partial charge >= 0.3 is 0 Å². The van der Waals surface area contributed by atoms with Gasteiger partial charge in [0.1, 0.15) is 0 Å². The van der Waals surface area contributed by atoms with E-state index in [9.17, 15) is 9.90 Å². The number of hydrogen-bond acceptors (Lipinski definition) is 3. The fourth-order valence-electron chi connectivity index (χ4n) is 3.72. The molecule has 2 saturated carbocycles.